The molecule has 1 atom stereocenters. The van der Waals surface area contributed by atoms with E-state index in [1.807, 2.05) is 18.2 Å². The summed E-state index contributed by atoms with van der Waals surface area (Å²) >= 11 is 0. The lowest BCUT2D eigenvalue weighted by Crippen LogP contribution is -2.29. The third-order valence-corrected chi connectivity index (χ3v) is 2.54. The third-order valence-electron chi connectivity index (χ3n) is 2.54. The molecule has 0 aliphatic carbocycles. The molecule has 0 aromatic carbocycles. The molecule has 0 radical (unpaired) electrons. The highest BCUT2D eigenvalue weighted by molar-refractivity contribution is 5.07. The number of hydrogen-bond acceptors (Lipinski definition) is 3. The molecule has 1 aromatic rings. The summed E-state index contributed by atoms with van der Waals surface area (Å²) in [7, 11) is 0. The largest absolute Gasteiger partial charge is 0.365 e. The van der Waals surface area contributed by atoms with Crippen molar-refractivity contribution in [2.75, 3.05) is 6.54 Å². The number of nitrogens with two attached hydrogens (primary N) is 1. The normalized spacial score (nSPS) is 13.9. The van der Waals surface area contributed by atoms with Crippen LogP contribution in [-0.2, 0) is 4.74 Å². The number of rotatable bonds is 5. The fraction of sp³-hybridized carbons (Fsp3) is 0.583. The standard InChI is InChI=1S/C12H20N2O/c1-4-12(2,3)15-11(9-13)10-7-5-6-8-14-10/h5-8,11H,4,9,13H2,1-3H3. The number of nitrogens with zero attached hydrogens (tertiary/aromatic N) is 1. The quantitative estimate of drug-likeness (QED) is 0.807. The molecule has 0 aliphatic heterocycles. The first-order chi connectivity index (χ1) is 7.09. The van der Waals surface area contributed by atoms with Gasteiger partial charge in [-0.1, -0.05) is 13.0 Å². The molecule has 0 bridgehead atoms. The van der Waals surface area contributed by atoms with E-state index in [1.165, 1.54) is 0 Å². The zero-order valence-corrected chi connectivity index (χ0v) is 9.73. The van der Waals surface area contributed by atoms with Crippen LogP contribution in [0.2, 0.25) is 0 Å². The zero-order valence-electron chi connectivity index (χ0n) is 9.73. The number of aromatic nitrogens is 1. The summed E-state index contributed by atoms with van der Waals surface area (Å²) in [5.41, 5.74) is 6.45. The molecule has 3 heteroatoms. The minimum Gasteiger partial charge on any atom is -0.365 e. The smallest absolute Gasteiger partial charge is 0.112 e. The van der Waals surface area contributed by atoms with Crippen molar-refractivity contribution >= 4 is 0 Å². The molecule has 0 amide bonds. The van der Waals surface area contributed by atoms with Gasteiger partial charge in [0.15, 0.2) is 0 Å². The zero-order chi connectivity index (χ0) is 11.3. The summed E-state index contributed by atoms with van der Waals surface area (Å²) in [5, 5.41) is 0. The molecule has 2 N–H and O–H groups in total. The van der Waals surface area contributed by atoms with Gasteiger partial charge in [-0.05, 0) is 32.4 Å². The molecule has 84 valence electrons. The van der Waals surface area contributed by atoms with Crippen LogP contribution in [0.3, 0.4) is 0 Å². The van der Waals surface area contributed by atoms with Crippen LogP contribution in [0.1, 0.15) is 39.0 Å². The number of ether oxygens (including phenoxy) is 1. The molecule has 1 heterocycles. The lowest BCUT2D eigenvalue weighted by Gasteiger charge is -2.29. The maximum atomic E-state index is 5.93. The Morgan fingerprint density at radius 2 is 2.20 bits per heavy atom. The van der Waals surface area contributed by atoms with Crippen LogP contribution in [-0.4, -0.2) is 17.1 Å². The Balaban J connectivity index is 2.73. The van der Waals surface area contributed by atoms with Crippen molar-refractivity contribution in [2.24, 2.45) is 5.73 Å². The van der Waals surface area contributed by atoms with Crippen molar-refractivity contribution in [2.45, 2.75) is 38.9 Å². The van der Waals surface area contributed by atoms with E-state index in [-0.39, 0.29) is 11.7 Å². The van der Waals surface area contributed by atoms with Gasteiger partial charge in [-0.25, -0.2) is 0 Å². The van der Waals surface area contributed by atoms with E-state index in [1.54, 1.807) is 6.20 Å². The highest BCUT2D eigenvalue weighted by atomic mass is 16.5. The van der Waals surface area contributed by atoms with Crippen LogP contribution in [0.25, 0.3) is 0 Å². The van der Waals surface area contributed by atoms with Gasteiger partial charge < -0.3 is 10.5 Å². The highest BCUT2D eigenvalue weighted by Crippen LogP contribution is 2.23. The monoisotopic (exact) mass is 208 g/mol. The van der Waals surface area contributed by atoms with E-state index >= 15 is 0 Å². The van der Waals surface area contributed by atoms with Crippen molar-refractivity contribution < 1.29 is 4.74 Å². The fourth-order valence-corrected chi connectivity index (χ4v) is 1.26. The summed E-state index contributed by atoms with van der Waals surface area (Å²) in [5.74, 6) is 0. The lowest BCUT2D eigenvalue weighted by molar-refractivity contribution is -0.0729. The van der Waals surface area contributed by atoms with Gasteiger partial charge in [0, 0.05) is 12.7 Å². The number of pyridine rings is 1. The second kappa shape index (κ2) is 5.24. The summed E-state index contributed by atoms with van der Waals surface area (Å²) in [6.07, 6.45) is 2.61. The molecular weight excluding hydrogens is 188 g/mol. The van der Waals surface area contributed by atoms with Gasteiger partial charge in [-0.3, -0.25) is 4.98 Å². The van der Waals surface area contributed by atoms with Crippen LogP contribution in [0.4, 0.5) is 0 Å². The van der Waals surface area contributed by atoms with Crippen molar-refractivity contribution in [3.05, 3.63) is 30.1 Å². The summed E-state index contributed by atoms with van der Waals surface area (Å²) in [6.45, 7) is 6.70. The Labute approximate surface area is 91.7 Å². The molecule has 0 aliphatic rings. The van der Waals surface area contributed by atoms with Gasteiger partial charge in [0.05, 0.1) is 11.3 Å². The Morgan fingerprint density at radius 1 is 1.47 bits per heavy atom. The average Bonchev–Trinajstić information content (AvgIpc) is 2.27. The fourth-order valence-electron chi connectivity index (χ4n) is 1.26. The van der Waals surface area contributed by atoms with E-state index in [4.69, 9.17) is 10.5 Å². The Bertz CT molecular complexity index is 285. The number of hydrogen-bond donors (Lipinski definition) is 1. The maximum Gasteiger partial charge on any atom is 0.112 e. The summed E-state index contributed by atoms with van der Waals surface area (Å²) in [4.78, 5) is 4.26. The maximum absolute atomic E-state index is 5.93. The van der Waals surface area contributed by atoms with Crippen LogP contribution in [0, 0.1) is 0 Å². The average molecular weight is 208 g/mol. The molecule has 0 fully saturated rings. The Morgan fingerprint density at radius 3 is 2.67 bits per heavy atom. The van der Waals surface area contributed by atoms with Crippen LogP contribution in [0.15, 0.2) is 24.4 Å². The minimum atomic E-state index is -0.151. The second-order valence-corrected chi connectivity index (χ2v) is 4.21. The first-order valence-corrected chi connectivity index (χ1v) is 5.38. The second-order valence-electron chi connectivity index (χ2n) is 4.21. The van der Waals surface area contributed by atoms with E-state index in [0.29, 0.717) is 6.54 Å². The summed E-state index contributed by atoms with van der Waals surface area (Å²) in [6, 6.07) is 5.79. The summed E-state index contributed by atoms with van der Waals surface area (Å²) < 4.78 is 5.93. The van der Waals surface area contributed by atoms with E-state index in [9.17, 15) is 0 Å². The topological polar surface area (TPSA) is 48.1 Å². The van der Waals surface area contributed by atoms with Gasteiger partial charge in [0.2, 0.25) is 0 Å². The lowest BCUT2D eigenvalue weighted by atomic mass is 10.1. The molecule has 1 rings (SSSR count). The Hall–Kier alpha value is -0.930. The molecule has 3 nitrogen and oxygen atoms in total. The van der Waals surface area contributed by atoms with E-state index in [2.05, 4.69) is 25.8 Å². The van der Waals surface area contributed by atoms with Crippen LogP contribution >= 0.6 is 0 Å². The van der Waals surface area contributed by atoms with Crippen LogP contribution < -0.4 is 5.73 Å². The molecule has 1 unspecified atom stereocenters. The molecule has 0 saturated carbocycles. The molecule has 0 spiro atoms. The molecule has 0 saturated heterocycles. The van der Waals surface area contributed by atoms with Gasteiger partial charge in [0.25, 0.3) is 0 Å². The van der Waals surface area contributed by atoms with Gasteiger partial charge in [0.1, 0.15) is 6.10 Å². The molecule has 15 heavy (non-hydrogen) atoms. The van der Waals surface area contributed by atoms with Crippen LogP contribution in [0.5, 0.6) is 0 Å². The van der Waals surface area contributed by atoms with Crippen molar-refractivity contribution in [3.63, 3.8) is 0 Å². The van der Waals surface area contributed by atoms with Gasteiger partial charge in [-0.2, -0.15) is 0 Å². The first-order valence-electron chi connectivity index (χ1n) is 5.38. The molecular formula is C12H20N2O. The highest BCUT2D eigenvalue weighted by Gasteiger charge is 2.22. The van der Waals surface area contributed by atoms with Gasteiger partial charge >= 0.3 is 0 Å². The predicted octanol–water partition coefficient (Wildman–Crippen LogP) is 2.29. The van der Waals surface area contributed by atoms with Gasteiger partial charge in [-0.15, -0.1) is 0 Å². The predicted molar refractivity (Wildman–Crippen MR) is 61.5 cm³/mol. The Kier molecular flexibility index (Phi) is 4.24. The SMILES string of the molecule is CCC(C)(C)OC(CN)c1ccccn1. The van der Waals surface area contributed by atoms with Crippen molar-refractivity contribution in [1.29, 1.82) is 0 Å². The minimum absolute atomic E-state index is 0.110. The van der Waals surface area contributed by atoms with E-state index < -0.39 is 0 Å². The van der Waals surface area contributed by atoms with Crippen molar-refractivity contribution in [3.8, 4) is 0 Å². The van der Waals surface area contributed by atoms with E-state index in [0.717, 1.165) is 12.1 Å². The first kappa shape index (κ1) is 12.1. The third kappa shape index (κ3) is 3.61. The molecule has 1 aromatic heterocycles. The van der Waals surface area contributed by atoms with Crippen molar-refractivity contribution in [1.82, 2.24) is 4.98 Å².